The van der Waals surface area contributed by atoms with Crippen molar-refractivity contribution in [2.75, 3.05) is 25.1 Å². The van der Waals surface area contributed by atoms with Gasteiger partial charge in [-0.15, -0.1) is 0 Å². The molecule has 7 heteroatoms. The number of rotatable bonds is 2. The van der Waals surface area contributed by atoms with Crippen LogP contribution in [0, 0.1) is 11.8 Å². The summed E-state index contributed by atoms with van der Waals surface area (Å²) in [7, 11) is 1.47. The van der Waals surface area contributed by atoms with Crippen LogP contribution < -0.4 is 9.64 Å². The second-order valence-electron chi connectivity index (χ2n) is 6.60. The van der Waals surface area contributed by atoms with E-state index in [1.165, 1.54) is 13.2 Å². The molecule has 0 N–H and O–H groups in total. The first-order chi connectivity index (χ1) is 11.3. The number of alkyl halides is 3. The number of halogens is 3. The first-order valence-electron chi connectivity index (χ1n) is 7.96. The summed E-state index contributed by atoms with van der Waals surface area (Å²) in [5, 5.41) is 0.616. The van der Waals surface area contributed by atoms with Crippen molar-refractivity contribution in [2.45, 2.75) is 26.4 Å². The maximum absolute atomic E-state index is 13.2. The molecule has 3 rings (SSSR count). The van der Waals surface area contributed by atoms with Gasteiger partial charge in [-0.3, -0.25) is 0 Å². The quantitative estimate of drug-likeness (QED) is 0.824. The van der Waals surface area contributed by atoms with E-state index >= 15 is 0 Å². The lowest BCUT2D eigenvalue weighted by molar-refractivity contribution is -0.144. The van der Waals surface area contributed by atoms with Crippen molar-refractivity contribution in [1.82, 2.24) is 9.97 Å². The number of aromatic nitrogens is 2. The molecule has 1 saturated heterocycles. The molecule has 0 radical (unpaired) electrons. The lowest BCUT2D eigenvalue weighted by atomic mass is 9.92. The summed E-state index contributed by atoms with van der Waals surface area (Å²) >= 11 is 0. The summed E-state index contributed by atoms with van der Waals surface area (Å²) in [4.78, 5) is 9.52. The number of fused-ring (bicyclic) bond motifs is 1. The summed E-state index contributed by atoms with van der Waals surface area (Å²) < 4.78 is 44.8. The van der Waals surface area contributed by atoms with Gasteiger partial charge in [-0.1, -0.05) is 13.8 Å². The smallest absolute Gasteiger partial charge is 0.451 e. The van der Waals surface area contributed by atoms with Crippen LogP contribution in [-0.4, -0.2) is 30.2 Å². The topological polar surface area (TPSA) is 38.2 Å². The van der Waals surface area contributed by atoms with Crippen molar-refractivity contribution < 1.29 is 17.9 Å². The number of anilines is 1. The predicted molar refractivity (Wildman–Crippen MR) is 86.3 cm³/mol. The summed E-state index contributed by atoms with van der Waals surface area (Å²) in [6.07, 6.45) is -3.52. The van der Waals surface area contributed by atoms with Gasteiger partial charge in [-0.25, -0.2) is 9.97 Å². The molecule has 0 bridgehead atoms. The Balaban J connectivity index is 2.17. The average Bonchev–Trinajstić information content (AvgIpc) is 2.51. The lowest BCUT2D eigenvalue weighted by Crippen LogP contribution is -2.39. The molecule has 1 fully saturated rings. The number of ether oxygens (including phenoxy) is 1. The number of hydrogen-bond donors (Lipinski definition) is 0. The minimum absolute atomic E-state index is 0.248. The van der Waals surface area contributed by atoms with Crippen LogP contribution in [0.1, 0.15) is 26.1 Å². The van der Waals surface area contributed by atoms with E-state index in [1.807, 2.05) is 4.90 Å². The first kappa shape index (κ1) is 16.8. The fourth-order valence-corrected chi connectivity index (χ4v) is 3.42. The molecule has 2 unspecified atom stereocenters. The zero-order valence-corrected chi connectivity index (χ0v) is 13.9. The molecule has 0 saturated carbocycles. The van der Waals surface area contributed by atoms with Crippen LogP contribution in [0.25, 0.3) is 10.9 Å². The SMILES string of the molecule is COc1ccc2c(N3CC(C)CC(C)C3)nc(C(F)(F)F)nc2c1. The van der Waals surface area contributed by atoms with Crippen molar-refractivity contribution in [3.63, 3.8) is 0 Å². The van der Waals surface area contributed by atoms with E-state index in [0.717, 1.165) is 6.42 Å². The van der Waals surface area contributed by atoms with Gasteiger partial charge < -0.3 is 9.64 Å². The van der Waals surface area contributed by atoms with Gasteiger partial charge in [-0.2, -0.15) is 13.2 Å². The Bertz CT molecular complexity index is 738. The lowest BCUT2D eigenvalue weighted by Gasteiger charge is -2.36. The third kappa shape index (κ3) is 3.25. The highest BCUT2D eigenvalue weighted by Gasteiger charge is 2.36. The second kappa shape index (κ2) is 6.11. The number of nitrogens with zero attached hydrogens (tertiary/aromatic N) is 3. The van der Waals surface area contributed by atoms with Gasteiger partial charge in [-0.05, 0) is 30.4 Å². The van der Waals surface area contributed by atoms with Crippen molar-refractivity contribution in [1.29, 1.82) is 0 Å². The van der Waals surface area contributed by atoms with Gasteiger partial charge >= 0.3 is 6.18 Å². The van der Waals surface area contributed by atoms with E-state index in [4.69, 9.17) is 4.74 Å². The molecule has 130 valence electrons. The normalized spacial score (nSPS) is 22.0. The van der Waals surface area contributed by atoms with E-state index < -0.39 is 12.0 Å². The molecular weight excluding hydrogens is 319 g/mol. The summed E-state index contributed by atoms with van der Waals surface area (Å²) in [6, 6.07) is 4.97. The van der Waals surface area contributed by atoms with Gasteiger partial charge in [0.05, 0.1) is 12.6 Å². The fourth-order valence-electron chi connectivity index (χ4n) is 3.42. The molecular formula is C17H20F3N3O. The maximum atomic E-state index is 13.2. The predicted octanol–water partition coefficient (Wildman–Crippen LogP) is 4.14. The first-order valence-corrected chi connectivity index (χ1v) is 7.96. The maximum Gasteiger partial charge on any atom is 0.451 e. The molecule has 4 nitrogen and oxygen atoms in total. The molecule has 0 amide bonds. The fraction of sp³-hybridized carbons (Fsp3) is 0.529. The molecule has 1 aromatic heterocycles. The molecule has 0 spiro atoms. The monoisotopic (exact) mass is 339 g/mol. The molecule has 24 heavy (non-hydrogen) atoms. The van der Waals surface area contributed by atoms with Gasteiger partial charge in [0.2, 0.25) is 5.82 Å². The van der Waals surface area contributed by atoms with Crippen molar-refractivity contribution >= 4 is 16.7 Å². The van der Waals surface area contributed by atoms with Crippen molar-refractivity contribution in [3.05, 3.63) is 24.0 Å². The Morgan fingerprint density at radius 3 is 2.38 bits per heavy atom. The highest BCUT2D eigenvalue weighted by Crippen LogP contribution is 2.35. The Kier molecular flexibility index (Phi) is 4.27. The van der Waals surface area contributed by atoms with Crippen LogP contribution in [0.5, 0.6) is 5.75 Å². The Labute approximate surface area is 138 Å². The van der Waals surface area contributed by atoms with Crippen molar-refractivity contribution in [2.24, 2.45) is 11.8 Å². The third-order valence-corrected chi connectivity index (χ3v) is 4.31. The standard InChI is InChI=1S/C17H20F3N3O/c1-10-6-11(2)9-23(8-10)15-13-5-4-12(24-3)7-14(13)21-16(22-15)17(18,19)20/h4-5,7,10-11H,6,8-9H2,1-3H3. The third-order valence-electron chi connectivity index (χ3n) is 4.31. The summed E-state index contributed by atoms with van der Waals surface area (Å²) in [5.74, 6) is 0.538. The minimum atomic E-state index is -4.58. The van der Waals surface area contributed by atoms with Crippen LogP contribution in [0.3, 0.4) is 0 Å². The number of methoxy groups -OCH3 is 1. The number of hydrogen-bond acceptors (Lipinski definition) is 4. The largest absolute Gasteiger partial charge is 0.497 e. The molecule has 2 heterocycles. The molecule has 1 aliphatic rings. The van der Waals surface area contributed by atoms with E-state index in [9.17, 15) is 13.2 Å². The Morgan fingerprint density at radius 2 is 1.79 bits per heavy atom. The second-order valence-corrected chi connectivity index (χ2v) is 6.60. The van der Waals surface area contributed by atoms with Gasteiger partial charge in [0.25, 0.3) is 0 Å². The average molecular weight is 339 g/mol. The van der Waals surface area contributed by atoms with Crippen LogP contribution in [-0.2, 0) is 6.18 Å². The zero-order valence-electron chi connectivity index (χ0n) is 13.9. The van der Waals surface area contributed by atoms with E-state index in [-0.39, 0.29) is 5.52 Å². The van der Waals surface area contributed by atoms with Crippen LogP contribution in [0.15, 0.2) is 18.2 Å². The molecule has 2 atom stereocenters. The molecule has 1 aliphatic heterocycles. The zero-order chi connectivity index (χ0) is 17.5. The van der Waals surface area contributed by atoms with E-state index in [1.54, 1.807) is 12.1 Å². The Morgan fingerprint density at radius 1 is 1.12 bits per heavy atom. The van der Waals surface area contributed by atoms with Crippen LogP contribution in [0.2, 0.25) is 0 Å². The molecule has 1 aromatic carbocycles. The van der Waals surface area contributed by atoms with E-state index in [0.29, 0.717) is 41.9 Å². The van der Waals surface area contributed by atoms with Gasteiger partial charge in [0, 0.05) is 24.5 Å². The summed E-state index contributed by atoms with van der Waals surface area (Å²) in [6.45, 7) is 5.61. The van der Waals surface area contributed by atoms with Gasteiger partial charge in [0.15, 0.2) is 0 Å². The highest BCUT2D eigenvalue weighted by atomic mass is 19.4. The summed E-state index contributed by atoms with van der Waals surface area (Å²) in [5.41, 5.74) is 0.248. The minimum Gasteiger partial charge on any atom is -0.497 e. The van der Waals surface area contributed by atoms with Crippen LogP contribution >= 0.6 is 0 Å². The molecule has 2 aromatic rings. The van der Waals surface area contributed by atoms with E-state index in [2.05, 4.69) is 23.8 Å². The van der Waals surface area contributed by atoms with Crippen LogP contribution in [0.4, 0.5) is 19.0 Å². The highest BCUT2D eigenvalue weighted by molar-refractivity contribution is 5.90. The van der Waals surface area contributed by atoms with Gasteiger partial charge in [0.1, 0.15) is 11.6 Å². The van der Waals surface area contributed by atoms with Crippen molar-refractivity contribution in [3.8, 4) is 5.75 Å². The Hall–Kier alpha value is -2.05. The molecule has 0 aliphatic carbocycles. The number of piperidine rings is 1. The number of benzene rings is 1.